The van der Waals surface area contributed by atoms with E-state index in [4.69, 9.17) is 28.0 Å². The molecule has 3 amide bonds. The van der Waals surface area contributed by atoms with E-state index in [-0.39, 0.29) is 31.8 Å². The average Bonchev–Trinajstić information content (AvgIpc) is 2.81. The molecule has 0 bridgehead atoms. The highest BCUT2D eigenvalue weighted by molar-refractivity contribution is 5.94. The van der Waals surface area contributed by atoms with Crippen LogP contribution in [0.5, 0.6) is 0 Å². The van der Waals surface area contributed by atoms with Crippen molar-refractivity contribution in [3.8, 4) is 0 Å². The molecule has 0 aromatic carbocycles. The van der Waals surface area contributed by atoms with E-state index in [2.05, 4.69) is 20.9 Å². The van der Waals surface area contributed by atoms with Crippen molar-refractivity contribution in [3.63, 3.8) is 0 Å². The molecule has 14 N–H and O–H groups in total. The minimum Gasteiger partial charge on any atom is -0.481 e. The number of carbonyl (C=O) groups is 5. The number of hydrogen-bond acceptors (Lipinski definition) is 9. The van der Waals surface area contributed by atoms with Crippen molar-refractivity contribution in [2.24, 2.45) is 27.9 Å². The lowest BCUT2D eigenvalue weighted by atomic mass is 10.1. The van der Waals surface area contributed by atoms with Gasteiger partial charge in [-0.3, -0.25) is 24.2 Å². The van der Waals surface area contributed by atoms with Gasteiger partial charge in [-0.25, -0.2) is 4.79 Å². The lowest BCUT2D eigenvalue weighted by molar-refractivity contribution is -0.143. The van der Waals surface area contributed by atoms with Gasteiger partial charge >= 0.3 is 11.9 Å². The zero-order chi connectivity index (χ0) is 28.5. The molecule has 0 saturated carbocycles. The van der Waals surface area contributed by atoms with Crippen molar-refractivity contribution in [1.82, 2.24) is 16.0 Å². The standard InChI is InChI=1S/C21H40N8O8/c1-11(30)16(19(35)28-14(20(36)37)6-2-3-9-22)29-18(34)13(7-8-15(31)32)27-17(33)12(23)5-4-10-26-21(24)25/h11-14,16,30H,2-10,22-23H2,1H3,(H,27,33)(H,28,35)(H,29,34)(H,31,32)(H,36,37)(H4,24,25,26). The quantitative estimate of drug-likeness (QED) is 0.0436. The molecule has 0 aliphatic rings. The molecule has 0 heterocycles. The molecular formula is C21H40N8O8. The van der Waals surface area contributed by atoms with Crippen LogP contribution in [0.2, 0.25) is 0 Å². The Morgan fingerprint density at radius 3 is 1.97 bits per heavy atom. The first-order chi connectivity index (χ1) is 17.3. The minimum atomic E-state index is -1.58. The molecule has 16 heteroatoms. The molecule has 0 aliphatic heterocycles. The molecule has 0 aromatic heterocycles. The maximum absolute atomic E-state index is 12.9. The van der Waals surface area contributed by atoms with Crippen molar-refractivity contribution < 1.29 is 39.3 Å². The SMILES string of the molecule is CC(O)C(NC(=O)C(CCC(=O)O)NC(=O)C(N)CCCN=C(N)N)C(=O)NC(CCCCN)C(=O)O. The molecule has 0 spiro atoms. The molecule has 37 heavy (non-hydrogen) atoms. The number of aliphatic imine (C=N–C) groups is 1. The van der Waals surface area contributed by atoms with E-state index in [0.29, 0.717) is 25.8 Å². The third kappa shape index (κ3) is 14.6. The van der Waals surface area contributed by atoms with E-state index < -0.39 is 66.4 Å². The first-order valence-electron chi connectivity index (χ1n) is 11.8. The number of carbonyl (C=O) groups excluding carboxylic acids is 3. The number of aliphatic hydroxyl groups excluding tert-OH is 1. The molecular weight excluding hydrogens is 492 g/mol. The summed E-state index contributed by atoms with van der Waals surface area (Å²) in [6.07, 6.45) is -0.710. The number of nitrogens with one attached hydrogen (secondary N) is 3. The predicted molar refractivity (Wildman–Crippen MR) is 133 cm³/mol. The number of guanidine groups is 1. The van der Waals surface area contributed by atoms with Crippen LogP contribution in [0.1, 0.15) is 51.9 Å². The second-order valence-electron chi connectivity index (χ2n) is 8.46. The van der Waals surface area contributed by atoms with Gasteiger partial charge in [-0.15, -0.1) is 0 Å². The lowest BCUT2D eigenvalue weighted by Crippen LogP contribution is -2.59. The number of hydrogen-bond donors (Lipinski definition) is 10. The first kappa shape index (κ1) is 33.5. The number of aliphatic carboxylic acids is 2. The van der Waals surface area contributed by atoms with E-state index >= 15 is 0 Å². The summed E-state index contributed by atoms with van der Waals surface area (Å²) < 4.78 is 0. The number of carboxylic acid groups (broad SMARTS) is 2. The van der Waals surface area contributed by atoms with Crippen molar-refractivity contribution in [3.05, 3.63) is 0 Å². The average molecular weight is 533 g/mol. The van der Waals surface area contributed by atoms with Crippen LogP contribution in [0, 0.1) is 0 Å². The van der Waals surface area contributed by atoms with Crippen molar-refractivity contribution in [2.45, 2.75) is 82.1 Å². The Hall–Kier alpha value is -3.50. The molecule has 0 aliphatic carbocycles. The fourth-order valence-corrected chi connectivity index (χ4v) is 3.14. The third-order valence-corrected chi connectivity index (χ3v) is 5.21. The topological polar surface area (TPSA) is 299 Å². The molecule has 5 unspecified atom stereocenters. The lowest BCUT2D eigenvalue weighted by Gasteiger charge is -2.26. The largest absolute Gasteiger partial charge is 0.481 e. The summed E-state index contributed by atoms with van der Waals surface area (Å²) in [6.45, 7) is 1.77. The van der Waals surface area contributed by atoms with Crippen LogP contribution < -0.4 is 38.9 Å². The number of aliphatic hydroxyl groups is 1. The van der Waals surface area contributed by atoms with Gasteiger partial charge in [0, 0.05) is 13.0 Å². The number of nitrogens with zero attached hydrogens (tertiary/aromatic N) is 1. The Bertz CT molecular complexity index is 803. The zero-order valence-corrected chi connectivity index (χ0v) is 20.9. The maximum Gasteiger partial charge on any atom is 0.326 e. The Kier molecular flexibility index (Phi) is 16.2. The number of rotatable bonds is 19. The predicted octanol–water partition coefficient (Wildman–Crippen LogP) is -3.72. The molecule has 16 nitrogen and oxygen atoms in total. The Morgan fingerprint density at radius 1 is 0.838 bits per heavy atom. The summed E-state index contributed by atoms with van der Waals surface area (Å²) in [5.41, 5.74) is 21.7. The molecule has 212 valence electrons. The van der Waals surface area contributed by atoms with Crippen LogP contribution >= 0.6 is 0 Å². The summed E-state index contributed by atoms with van der Waals surface area (Å²) in [5, 5.41) is 35.3. The van der Waals surface area contributed by atoms with Gasteiger partial charge in [0.15, 0.2) is 5.96 Å². The van der Waals surface area contributed by atoms with E-state index in [1.54, 1.807) is 0 Å². The van der Waals surface area contributed by atoms with Crippen molar-refractivity contribution in [1.29, 1.82) is 0 Å². The molecule has 0 rings (SSSR count). The van der Waals surface area contributed by atoms with Crippen LogP contribution in [0.25, 0.3) is 0 Å². The van der Waals surface area contributed by atoms with Gasteiger partial charge in [0.25, 0.3) is 0 Å². The monoisotopic (exact) mass is 532 g/mol. The molecule has 5 atom stereocenters. The Balaban J connectivity index is 5.37. The second kappa shape index (κ2) is 17.9. The fraction of sp³-hybridized carbons (Fsp3) is 0.714. The summed E-state index contributed by atoms with van der Waals surface area (Å²) in [7, 11) is 0. The van der Waals surface area contributed by atoms with E-state index in [0.717, 1.165) is 0 Å². The van der Waals surface area contributed by atoms with Crippen LogP contribution in [-0.2, 0) is 24.0 Å². The molecule has 0 aromatic rings. The van der Waals surface area contributed by atoms with Crippen molar-refractivity contribution >= 4 is 35.6 Å². The Morgan fingerprint density at radius 2 is 1.46 bits per heavy atom. The van der Waals surface area contributed by atoms with Gasteiger partial charge < -0.3 is 54.2 Å². The van der Waals surface area contributed by atoms with E-state index in [1.165, 1.54) is 6.92 Å². The van der Waals surface area contributed by atoms with Gasteiger partial charge in [0.1, 0.15) is 18.1 Å². The highest BCUT2D eigenvalue weighted by Gasteiger charge is 2.32. The highest BCUT2D eigenvalue weighted by Crippen LogP contribution is 2.06. The van der Waals surface area contributed by atoms with Crippen LogP contribution in [-0.4, -0.2) is 94.3 Å². The molecule has 0 saturated heterocycles. The van der Waals surface area contributed by atoms with Gasteiger partial charge in [0.2, 0.25) is 17.7 Å². The molecule has 0 radical (unpaired) electrons. The number of unbranched alkanes of at least 4 members (excludes halogenated alkanes) is 1. The Labute approximate surface area is 214 Å². The summed E-state index contributed by atoms with van der Waals surface area (Å²) in [4.78, 5) is 64.3. The van der Waals surface area contributed by atoms with E-state index in [1.807, 2.05) is 0 Å². The number of amides is 3. The van der Waals surface area contributed by atoms with Gasteiger partial charge in [0.05, 0.1) is 12.1 Å². The minimum absolute atomic E-state index is 0.0805. The first-order valence-corrected chi connectivity index (χ1v) is 11.8. The van der Waals surface area contributed by atoms with Gasteiger partial charge in [-0.2, -0.15) is 0 Å². The van der Waals surface area contributed by atoms with Gasteiger partial charge in [-0.1, -0.05) is 0 Å². The highest BCUT2D eigenvalue weighted by atomic mass is 16.4. The molecule has 0 fully saturated rings. The third-order valence-electron chi connectivity index (χ3n) is 5.21. The van der Waals surface area contributed by atoms with Gasteiger partial charge in [-0.05, 0) is 52.0 Å². The van der Waals surface area contributed by atoms with Crippen molar-refractivity contribution in [2.75, 3.05) is 13.1 Å². The summed E-state index contributed by atoms with van der Waals surface area (Å²) >= 11 is 0. The summed E-state index contributed by atoms with van der Waals surface area (Å²) in [5.74, 6) is -5.34. The number of carboxylic acids is 2. The zero-order valence-electron chi connectivity index (χ0n) is 20.9. The smallest absolute Gasteiger partial charge is 0.326 e. The van der Waals surface area contributed by atoms with E-state index in [9.17, 15) is 34.2 Å². The normalized spacial score (nSPS) is 14.8. The van der Waals surface area contributed by atoms with Crippen LogP contribution in [0.3, 0.4) is 0 Å². The van der Waals surface area contributed by atoms with Crippen LogP contribution in [0.15, 0.2) is 4.99 Å². The van der Waals surface area contributed by atoms with Crippen LogP contribution in [0.4, 0.5) is 0 Å². The summed E-state index contributed by atoms with van der Waals surface area (Å²) in [6, 6.07) is -5.32. The fourth-order valence-electron chi connectivity index (χ4n) is 3.14. The maximum atomic E-state index is 12.9. The second-order valence-corrected chi connectivity index (χ2v) is 8.46. The number of nitrogens with two attached hydrogens (primary N) is 4.